The van der Waals surface area contributed by atoms with Crippen molar-refractivity contribution in [2.45, 2.75) is 39.7 Å². The molecule has 0 aromatic rings. The zero-order chi connectivity index (χ0) is 10.8. The lowest BCUT2D eigenvalue weighted by Crippen LogP contribution is -2.32. The molecule has 4 heteroatoms. The van der Waals surface area contributed by atoms with Crippen LogP contribution in [-0.2, 0) is 19.1 Å². The molecule has 1 aliphatic heterocycles. The minimum absolute atomic E-state index is 0.330. The van der Waals surface area contributed by atoms with Gasteiger partial charge in [0, 0.05) is 6.42 Å². The van der Waals surface area contributed by atoms with E-state index in [-0.39, 0.29) is 5.97 Å². The molecule has 0 saturated carbocycles. The number of hydrogen-bond donors (Lipinski definition) is 0. The van der Waals surface area contributed by atoms with Gasteiger partial charge in [0.05, 0.1) is 12.0 Å². The first-order chi connectivity index (χ1) is 6.47. The van der Waals surface area contributed by atoms with E-state index in [0.29, 0.717) is 19.4 Å². The monoisotopic (exact) mass is 200 g/mol. The molecule has 1 saturated heterocycles. The van der Waals surface area contributed by atoms with Gasteiger partial charge in [-0.3, -0.25) is 4.79 Å². The van der Waals surface area contributed by atoms with Crippen molar-refractivity contribution in [2.75, 3.05) is 6.61 Å². The van der Waals surface area contributed by atoms with Crippen LogP contribution in [0.25, 0.3) is 0 Å². The second-order valence-corrected chi connectivity index (χ2v) is 4.09. The summed E-state index contributed by atoms with van der Waals surface area (Å²) in [7, 11) is 0. The largest absolute Gasteiger partial charge is 0.463 e. The van der Waals surface area contributed by atoms with E-state index in [2.05, 4.69) is 0 Å². The number of hydrogen-bond acceptors (Lipinski definition) is 4. The Balaban J connectivity index is 2.52. The predicted octanol–water partition coefficient (Wildman–Crippen LogP) is 1.28. The minimum atomic E-state index is -0.687. The number of cyclic esters (lactones) is 1. The molecule has 4 nitrogen and oxygen atoms in total. The number of ether oxygens (including phenoxy) is 2. The highest BCUT2D eigenvalue weighted by molar-refractivity contribution is 5.82. The molecule has 1 heterocycles. The summed E-state index contributed by atoms with van der Waals surface area (Å²) < 4.78 is 9.76. The molecule has 0 N–H and O–H groups in total. The van der Waals surface area contributed by atoms with Gasteiger partial charge >= 0.3 is 11.9 Å². The summed E-state index contributed by atoms with van der Waals surface area (Å²) in [4.78, 5) is 22.6. The first-order valence-corrected chi connectivity index (χ1v) is 4.85. The summed E-state index contributed by atoms with van der Waals surface area (Å²) in [6.07, 6.45) is 0.478. The Labute approximate surface area is 83.6 Å². The van der Waals surface area contributed by atoms with Crippen LogP contribution in [0.4, 0.5) is 0 Å². The van der Waals surface area contributed by atoms with Crippen LogP contribution in [0.2, 0.25) is 0 Å². The molecule has 1 fully saturated rings. The molecular weight excluding hydrogens is 184 g/mol. The lowest BCUT2D eigenvalue weighted by molar-refractivity contribution is -0.167. The number of rotatable bonds is 3. The molecule has 0 aromatic carbocycles. The Bertz CT molecular complexity index is 245. The molecule has 0 amide bonds. The third kappa shape index (κ3) is 2.25. The van der Waals surface area contributed by atoms with Gasteiger partial charge < -0.3 is 9.47 Å². The van der Waals surface area contributed by atoms with Crippen LogP contribution >= 0.6 is 0 Å². The van der Waals surface area contributed by atoms with Gasteiger partial charge in [-0.25, -0.2) is 4.79 Å². The smallest absolute Gasteiger partial charge is 0.347 e. The Morgan fingerprint density at radius 1 is 1.64 bits per heavy atom. The molecule has 80 valence electrons. The van der Waals surface area contributed by atoms with Crippen molar-refractivity contribution in [3.8, 4) is 0 Å². The topological polar surface area (TPSA) is 52.6 Å². The predicted molar refractivity (Wildman–Crippen MR) is 49.5 cm³/mol. The molecule has 0 bridgehead atoms. The van der Waals surface area contributed by atoms with Gasteiger partial charge in [0.2, 0.25) is 6.10 Å². The molecular formula is C10H16O4. The summed E-state index contributed by atoms with van der Waals surface area (Å²) in [6, 6.07) is 0. The van der Waals surface area contributed by atoms with Crippen molar-refractivity contribution in [1.29, 1.82) is 0 Å². The summed E-state index contributed by atoms with van der Waals surface area (Å²) in [5.41, 5.74) is -0.525. The molecule has 0 aliphatic carbocycles. The SMILES string of the molecule is CCC(C)(C)C(=O)OC1CCOC1=O. The Morgan fingerprint density at radius 2 is 2.29 bits per heavy atom. The van der Waals surface area contributed by atoms with Gasteiger partial charge in [-0.15, -0.1) is 0 Å². The van der Waals surface area contributed by atoms with Crippen molar-refractivity contribution >= 4 is 11.9 Å². The first-order valence-electron chi connectivity index (χ1n) is 4.85. The maximum absolute atomic E-state index is 11.6. The fourth-order valence-electron chi connectivity index (χ4n) is 1.02. The quantitative estimate of drug-likeness (QED) is 0.644. The lowest BCUT2D eigenvalue weighted by atomic mass is 9.90. The molecule has 0 spiro atoms. The Hall–Kier alpha value is -1.06. The standard InChI is InChI=1S/C10H16O4/c1-4-10(2,3)9(12)14-7-5-6-13-8(7)11/h7H,4-6H2,1-3H3. The van der Waals surface area contributed by atoms with Crippen molar-refractivity contribution < 1.29 is 19.1 Å². The Kier molecular flexibility index (Phi) is 3.13. The zero-order valence-electron chi connectivity index (χ0n) is 8.83. The molecule has 1 atom stereocenters. The average molecular weight is 200 g/mol. The van der Waals surface area contributed by atoms with Crippen LogP contribution in [0.3, 0.4) is 0 Å². The van der Waals surface area contributed by atoms with Gasteiger partial charge in [-0.05, 0) is 20.3 Å². The van der Waals surface area contributed by atoms with E-state index < -0.39 is 17.5 Å². The van der Waals surface area contributed by atoms with E-state index in [0.717, 1.165) is 0 Å². The molecule has 0 aromatic heterocycles. The number of carbonyl (C=O) groups is 2. The third-order valence-corrected chi connectivity index (χ3v) is 2.57. The van der Waals surface area contributed by atoms with Crippen LogP contribution < -0.4 is 0 Å². The first kappa shape index (κ1) is 11.0. The summed E-state index contributed by atoms with van der Waals surface area (Å²) >= 11 is 0. The molecule has 1 unspecified atom stereocenters. The third-order valence-electron chi connectivity index (χ3n) is 2.57. The Morgan fingerprint density at radius 3 is 2.71 bits per heavy atom. The highest BCUT2D eigenvalue weighted by Gasteiger charge is 2.35. The summed E-state index contributed by atoms with van der Waals surface area (Å²) in [5.74, 6) is -0.755. The van der Waals surface area contributed by atoms with Crippen LogP contribution in [0, 0.1) is 5.41 Å². The number of esters is 2. The zero-order valence-corrected chi connectivity index (χ0v) is 8.83. The second-order valence-electron chi connectivity index (χ2n) is 4.09. The minimum Gasteiger partial charge on any atom is -0.463 e. The average Bonchev–Trinajstić information content (AvgIpc) is 2.52. The van der Waals surface area contributed by atoms with Gasteiger partial charge in [0.1, 0.15) is 0 Å². The van der Waals surface area contributed by atoms with E-state index >= 15 is 0 Å². The van der Waals surface area contributed by atoms with Crippen molar-refractivity contribution in [2.24, 2.45) is 5.41 Å². The molecule has 1 aliphatic rings. The van der Waals surface area contributed by atoms with E-state index in [1.165, 1.54) is 0 Å². The van der Waals surface area contributed by atoms with Crippen LogP contribution in [0.1, 0.15) is 33.6 Å². The maximum Gasteiger partial charge on any atom is 0.347 e. The van der Waals surface area contributed by atoms with Gasteiger partial charge in [-0.2, -0.15) is 0 Å². The second kappa shape index (κ2) is 3.98. The molecule has 0 radical (unpaired) electrons. The van der Waals surface area contributed by atoms with Crippen LogP contribution in [0.5, 0.6) is 0 Å². The lowest BCUT2D eigenvalue weighted by Gasteiger charge is -2.21. The van der Waals surface area contributed by atoms with Crippen molar-refractivity contribution in [3.63, 3.8) is 0 Å². The molecule has 1 rings (SSSR count). The number of carbonyl (C=O) groups excluding carboxylic acids is 2. The van der Waals surface area contributed by atoms with Crippen LogP contribution in [0.15, 0.2) is 0 Å². The van der Waals surface area contributed by atoms with Gasteiger partial charge in [0.25, 0.3) is 0 Å². The summed E-state index contributed by atoms with van der Waals surface area (Å²) in [5, 5.41) is 0. The fraction of sp³-hybridized carbons (Fsp3) is 0.800. The normalized spacial score (nSPS) is 21.9. The maximum atomic E-state index is 11.6. The fourth-order valence-corrected chi connectivity index (χ4v) is 1.02. The highest BCUT2D eigenvalue weighted by atomic mass is 16.6. The van der Waals surface area contributed by atoms with E-state index in [4.69, 9.17) is 9.47 Å². The van der Waals surface area contributed by atoms with Crippen molar-refractivity contribution in [1.82, 2.24) is 0 Å². The van der Waals surface area contributed by atoms with Crippen LogP contribution in [-0.4, -0.2) is 24.6 Å². The highest BCUT2D eigenvalue weighted by Crippen LogP contribution is 2.24. The summed E-state index contributed by atoms with van der Waals surface area (Å²) in [6.45, 7) is 5.86. The van der Waals surface area contributed by atoms with Gasteiger partial charge in [0.15, 0.2) is 0 Å². The van der Waals surface area contributed by atoms with Gasteiger partial charge in [-0.1, -0.05) is 6.92 Å². The van der Waals surface area contributed by atoms with E-state index in [1.807, 2.05) is 6.92 Å². The van der Waals surface area contributed by atoms with Crippen molar-refractivity contribution in [3.05, 3.63) is 0 Å². The van der Waals surface area contributed by atoms with E-state index in [1.54, 1.807) is 13.8 Å². The molecule has 14 heavy (non-hydrogen) atoms. The van der Waals surface area contributed by atoms with E-state index in [9.17, 15) is 9.59 Å².